The van der Waals surface area contributed by atoms with Crippen LogP contribution < -0.4 is 10.6 Å². The average molecular weight is 339 g/mol. The molecule has 3 rings (SSSR count). The molecule has 1 atom stereocenters. The molecule has 0 saturated heterocycles. The molecule has 1 aromatic carbocycles. The van der Waals surface area contributed by atoms with E-state index in [9.17, 15) is 4.79 Å². The highest BCUT2D eigenvalue weighted by Gasteiger charge is 2.21. The van der Waals surface area contributed by atoms with Gasteiger partial charge in [-0.2, -0.15) is 0 Å². The van der Waals surface area contributed by atoms with Gasteiger partial charge in [0.2, 0.25) is 0 Å². The number of rotatable bonds is 3. The number of nitrogens with zero attached hydrogens (tertiary/aromatic N) is 1. The van der Waals surface area contributed by atoms with E-state index in [1.165, 1.54) is 11.1 Å². The molecule has 1 aromatic heterocycles. The maximum absolute atomic E-state index is 11.9. The highest BCUT2D eigenvalue weighted by atomic mass is 16.6. The summed E-state index contributed by atoms with van der Waals surface area (Å²) < 4.78 is 5.32. The predicted molar refractivity (Wildman–Crippen MR) is 99.8 cm³/mol. The van der Waals surface area contributed by atoms with Crippen molar-refractivity contribution >= 4 is 17.6 Å². The summed E-state index contributed by atoms with van der Waals surface area (Å²) in [4.78, 5) is 16.3. The number of pyridine rings is 1. The first kappa shape index (κ1) is 17.3. The number of anilines is 2. The maximum Gasteiger partial charge on any atom is 0.412 e. The summed E-state index contributed by atoms with van der Waals surface area (Å²) in [6.45, 7) is 5.56. The van der Waals surface area contributed by atoms with Gasteiger partial charge < -0.3 is 10.1 Å². The van der Waals surface area contributed by atoms with E-state index in [1.807, 2.05) is 51.1 Å². The molecule has 0 spiro atoms. The monoisotopic (exact) mass is 339 g/mol. The van der Waals surface area contributed by atoms with E-state index in [4.69, 9.17) is 4.74 Å². The number of hydrogen-bond acceptors (Lipinski definition) is 4. The highest BCUT2D eigenvalue weighted by Crippen LogP contribution is 2.33. The van der Waals surface area contributed by atoms with Crippen LogP contribution in [0.5, 0.6) is 0 Å². The second-order valence-electron chi connectivity index (χ2n) is 7.34. The Morgan fingerprint density at radius 1 is 1.24 bits per heavy atom. The van der Waals surface area contributed by atoms with Crippen molar-refractivity contribution in [2.24, 2.45) is 0 Å². The van der Waals surface area contributed by atoms with E-state index < -0.39 is 11.7 Å². The zero-order valence-corrected chi connectivity index (χ0v) is 15.0. The predicted octanol–water partition coefficient (Wildman–Crippen LogP) is 4.92. The van der Waals surface area contributed by atoms with Crippen molar-refractivity contribution in [3.8, 4) is 0 Å². The van der Waals surface area contributed by atoms with Gasteiger partial charge in [0.05, 0.1) is 6.04 Å². The Morgan fingerprint density at radius 2 is 2.08 bits per heavy atom. The topological polar surface area (TPSA) is 63.2 Å². The lowest BCUT2D eigenvalue weighted by atomic mass is 9.87. The summed E-state index contributed by atoms with van der Waals surface area (Å²) in [6.07, 6.45) is 4.56. The highest BCUT2D eigenvalue weighted by molar-refractivity contribution is 5.85. The number of aryl methyl sites for hydroxylation is 1. The third-order valence-electron chi connectivity index (χ3n) is 4.09. The van der Waals surface area contributed by atoms with Crippen LogP contribution in [0.3, 0.4) is 0 Å². The molecule has 25 heavy (non-hydrogen) atoms. The summed E-state index contributed by atoms with van der Waals surface area (Å²) in [5.74, 6) is 0.885. The Labute approximate surface area is 148 Å². The fraction of sp³-hybridized carbons (Fsp3) is 0.400. The summed E-state index contributed by atoms with van der Waals surface area (Å²) in [7, 11) is 0. The van der Waals surface area contributed by atoms with Gasteiger partial charge in [-0.25, -0.2) is 9.78 Å². The summed E-state index contributed by atoms with van der Waals surface area (Å²) in [6, 6.07) is 12.2. The van der Waals surface area contributed by atoms with Crippen LogP contribution in [0.15, 0.2) is 42.6 Å². The SMILES string of the molecule is CC(C)(C)OC(=O)Nc1ccc2c(c1)CCCC2Nc1ccccn1. The number of fused-ring (bicyclic) bond motifs is 1. The molecule has 1 unspecified atom stereocenters. The quantitative estimate of drug-likeness (QED) is 0.833. The van der Waals surface area contributed by atoms with Crippen molar-refractivity contribution in [3.63, 3.8) is 0 Å². The second-order valence-corrected chi connectivity index (χ2v) is 7.34. The van der Waals surface area contributed by atoms with Crippen molar-refractivity contribution in [2.45, 2.75) is 51.7 Å². The van der Waals surface area contributed by atoms with E-state index in [2.05, 4.69) is 21.7 Å². The number of benzene rings is 1. The first-order chi connectivity index (χ1) is 11.9. The van der Waals surface area contributed by atoms with Gasteiger partial charge >= 0.3 is 6.09 Å². The molecular formula is C20H25N3O2. The summed E-state index contributed by atoms with van der Waals surface area (Å²) in [5, 5.41) is 6.32. The minimum Gasteiger partial charge on any atom is -0.444 e. The van der Waals surface area contributed by atoms with Crippen molar-refractivity contribution in [3.05, 3.63) is 53.7 Å². The minimum atomic E-state index is -0.504. The molecule has 1 aliphatic rings. The molecule has 1 heterocycles. The lowest BCUT2D eigenvalue weighted by molar-refractivity contribution is 0.0636. The molecule has 0 saturated carbocycles. The van der Waals surface area contributed by atoms with Crippen molar-refractivity contribution in [1.82, 2.24) is 4.98 Å². The van der Waals surface area contributed by atoms with Crippen molar-refractivity contribution in [2.75, 3.05) is 10.6 Å². The number of hydrogen-bond donors (Lipinski definition) is 2. The molecule has 1 aliphatic carbocycles. The molecule has 2 aromatic rings. The summed E-state index contributed by atoms with van der Waals surface area (Å²) >= 11 is 0. The Morgan fingerprint density at radius 3 is 2.80 bits per heavy atom. The van der Waals surface area contributed by atoms with Crippen molar-refractivity contribution in [1.29, 1.82) is 0 Å². The van der Waals surface area contributed by atoms with Crippen LogP contribution in [0.1, 0.15) is 50.8 Å². The Bertz CT molecular complexity index is 738. The Balaban J connectivity index is 1.72. The van der Waals surface area contributed by atoms with E-state index in [0.717, 1.165) is 30.8 Å². The zero-order chi connectivity index (χ0) is 17.9. The lowest BCUT2D eigenvalue weighted by Gasteiger charge is -2.27. The maximum atomic E-state index is 11.9. The van der Waals surface area contributed by atoms with Crippen LogP contribution in [0.2, 0.25) is 0 Å². The molecule has 1 amide bonds. The van der Waals surface area contributed by atoms with Gasteiger partial charge in [0.25, 0.3) is 0 Å². The fourth-order valence-electron chi connectivity index (χ4n) is 3.09. The Hall–Kier alpha value is -2.56. The van der Waals surface area contributed by atoms with Gasteiger partial charge in [-0.15, -0.1) is 0 Å². The van der Waals surface area contributed by atoms with Crippen LogP contribution in [0.25, 0.3) is 0 Å². The van der Waals surface area contributed by atoms with Gasteiger partial charge in [-0.05, 0) is 75.4 Å². The van der Waals surface area contributed by atoms with E-state index in [1.54, 1.807) is 6.20 Å². The van der Waals surface area contributed by atoms with Gasteiger partial charge in [0.1, 0.15) is 11.4 Å². The number of nitrogens with one attached hydrogen (secondary N) is 2. The second kappa shape index (κ2) is 7.13. The van der Waals surface area contributed by atoms with Crippen LogP contribution in [0.4, 0.5) is 16.3 Å². The van der Waals surface area contributed by atoms with E-state index in [0.29, 0.717) is 0 Å². The molecule has 5 nitrogen and oxygen atoms in total. The van der Waals surface area contributed by atoms with Gasteiger partial charge in [-0.3, -0.25) is 5.32 Å². The Kier molecular flexibility index (Phi) is 4.93. The smallest absolute Gasteiger partial charge is 0.412 e. The lowest BCUT2D eigenvalue weighted by Crippen LogP contribution is -2.27. The van der Waals surface area contributed by atoms with Crippen LogP contribution in [0, 0.1) is 0 Å². The number of carbonyl (C=O) groups is 1. The van der Waals surface area contributed by atoms with Gasteiger partial charge in [0, 0.05) is 11.9 Å². The molecule has 0 aliphatic heterocycles. The van der Waals surface area contributed by atoms with Crippen LogP contribution in [-0.4, -0.2) is 16.7 Å². The molecule has 0 fully saturated rings. The first-order valence-corrected chi connectivity index (χ1v) is 8.71. The molecule has 0 radical (unpaired) electrons. The van der Waals surface area contributed by atoms with Gasteiger partial charge in [-0.1, -0.05) is 12.1 Å². The van der Waals surface area contributed by atoms with Gasteiger partial charge in [0.15, 0.2) is 0 Å². The van der Waals surface area contributed by atoms with E-state index in [-0.39, 0.29) is 6.04 Å². The number of aromatic nitrogens is 1. The standard InChI is InChI=1S/C20H25N3O2/c1-20(2,3)25-19(24)22-15-10-11-16-14(13-15)7-6-8-17(16)23-18-9-4-5-12-21-18/h4-5,9-13,17H,6-8H2,1-3H3,(H,21,23)(H,22,24). The van der Waals surface area contributed by atoms with Crippen molar-refractivity contribution < 1.29 is 9.53 Å². The third-order valence-corrected chi connectivity index (χ3v) is 4.09. The number of amides is 1. The largest absolute Gasteiger partial charge is 0.444 e. The molecule has 132 valence electrons. The van der Waals surface area contributed by atoms with Crippen LogP contribution >= 0.6 is 0 Å². The third kappa shape index (κ3) is 4.72. The number of ether oxygens (including phenoxy) is 1. The molecule has 2 N–H and O–H groups in total. The number of carbonyl (C=O) groups excluding carboxylic acids is 1. The van der Waals surface area contributed by atoms with E-state index >= 15 is 0 Å². The molecule has 0 bridgehead atoms. The fourth-order valence-corrected chi connectivity index (χ4v) is 3.09. The normalized spacial score (nSPS) is 16.7. The summed E-state index contributed by atoms with van der Waals surface area (Å²) in [5.41, 5.74) is 2.79. The average Bonchev–Trinajstić information content (AvgIpc) is 2.54. The zero-order valence-electron chi connectivity index (χ0n) is 15.0. The molecule has 5 heteroatoms. The first-order valence-electron chi connectivity index (χ1n) is 8.71. The minimum absolute atomic E-state index is 0.245. The van der Waals surface area contributed by atoms with Crippen LogP contribution in [-0.2, 0) is 11.2 Å². The molecular weight excluding hydrogens is 314 g/mol.